The third-order valence-electron chi connectivity index (χ3n) is 2.83. The summed E-state index contributed by atoms with van der Waals surface area (Å²) in [6.45, 7) is 5.82. The lowest BCUT2D eigenvalue weighted by Gasteiger charge is -2.10. The summed E-state index contributed by atoms with van der Waals surface area (Å²) in [4.78, 5) is 11.2. The van der Waals surface area contributed by atoms with Crippen LogP contribution in [0.4, 0.5) is 0 Å². The quantitative estimate of drug-likeness (QED) is 0.730. The van der Waals surface area contributed by atoms with Gasteiger partial charge in [-0.05, 0) is 31.6 Å². The van der Waals surface area contributed by atoms with Crippen molar-refractivity contribution in [2.75, 3.05) is 19.8 Å². The number of hydrogen-bond acceptors (Lipinski definition) is 2. The van der Waals surface area contributed by atoms with E-state index in [-0.39, 0.29) is 12.5 Å². The molecule has 2 atom stereocenters. The van der Waals surface area contributed by atoms with Crippen molar-refractivity contribution in [3.8, 4) is 0 Å². The summed E-state index contributed by atoms with van der Waals surface area (Å²) >= 11 is 0. The van der Waals surface area contributed by atoms with E-state index in [0.29, 0.717) is 12.5 Å². The summed E-state index contributed by atoms with van der Waals surface area (Å²) in [5.41, 5.74) is 0. The Morgan fingerprint density at radius 1 is 1.50 bits per heavy atom. The van der Waals surface area contributed by atoms with Gasteiger partial charge in [-0.3, -0.25) is 4.79 Å². The van der Waals surface area contributed by atoms with Crippen LogP contribution in [0.1, 0.15) is 33.1 Å². The Hall–Kier alpha value is -0.570. The minimum atomic E-state index is 0.0198. The van der Waals surface area contributed by atoms with Crippen molar-refractivity contribution in [3.63, 3.8) is 0 Å². The minimum absolute atomic E-state index is 0.0198. The van der Waals surface area contributed by atoms with Gasteiger partial charge in [0.2, 0.25) is 5.91 Å². The molecule has 1 N–H and O–H groups in total. The van der Waals surface area contributed by atoms with E-state index >= 15 is 0 Å². The molecule has 0 aromatic rings. The van der Waals surface area contributed by atoms with E-state index < -0.39 is 0 Å². The van der Waals surface area contributed by atoms with E-state index in [1.807, 2.05) is 6.92 Å². The van der Waals surface area contributed by atoms with Crippen molar-refractivity contribution in [2.45, 2.75) is 33.1 Å². The lowest BCUT2D eigenvalue weighted by atomic mass is 10.1. The molecule has 0 aromatic carbocycles. The van der Waals surface area contributed by atoms with Gasteiger partial charge in [-0.25, -0.2) is 0 Å². The monoisotopic (exact) mass is 199 g/mol. The molecular weight excluding hydrogens is 178 g/mol. The largest absolute Gasteiger partial charge is 0.372 e. The first-order valence-electron chi connectivity index (χ1n) is 5.56. The third-order valence-corrected chi connectivity index (χ3v) is 2.83. The van der Waals surface area contributed by atoms with Crippen LogP contribution in [0.25, 0.3) is 0 Å². The van der Waals surface area contributed by atoms with Crippen LogP contribution >= 0.6 is 0 Å². The Labute approximate surface area is 86.2 Å². The van der Waals surface area contributed by atoms with Gasteiger partial charge in [-0.1, -0.05) is 13.3 Å². The zero-order valence-corrected chi connectivity index (χ0v) is 9.21. The number of nitrogens with one attached hydrogen (secondary N) is 1. The smallest absolute Gasteiger partial charge is 0.246 e. The number of ether oxygens (including phenoxy) is 1. The van der Waals surface area contributed by atoms with Gasteiger partial charge in [0.05, 0.1) is 0 Å². The normalized spacial score (nSPS) is 26.4. The lowest BCUT2D eigenvalue weighted by molar-refractivity contribution is -0.125. The Bertz CT molecular complexity index is 182. The van der Waals surface area contributed by atoms with Gasteiger partial charge < -0.3 is 10.1 Å². The summed E-state index contributed by atoms with van der Waals surface area (Å²) in [7, 11) is 0. The van der Waals surface area contributed by atoms with Crippen LogP contribution in [0.15, 0.2) is 0 Å². The van der Waals surface area contributed by atoms with Crippen LogP contribution in [-0.4, -0.2) is 25.7 Å². The van der Waals surface area contributed by atoms with Crippen LogP contribution in [0, 0.1) is 11.8 Å². The molecule has 0 spiro atoms. The molecule has 82 valence electrons. The maximum absolute atomic E-state index is 11.2. The molecule has 3 heteroatoms. The molecule has 1 rings (SSSR count). The molecule has 0 heterocycles. The second kappa shape index (κ2) is 6.02. The predicted octanol–water partition coefficient (Wildman–Crippen LogP) is 1.58. The van der Waals surface area contributed by atoms with Crippen molar-refractivity contribution in [1.82, 2.24) is 5.32 Å². The fourth-order valence-electron chi connectivity index (χ4n) is 2.01. The molecule has 1 aliphatic rings. The molecule has 3 nitrogen and oxygen atoms in total. The van der Waals surface area contributed by atoms with Crippen LogP contribution in [0.3, 0.4) is 0 Å². The maximum Gasteiger partial charge on any atom is 0.246 e. The standard InChI is InChI=1S/C11H21NO2/c1-3-14-8-11(13)12-7-10-5-4-9(2)6-10/h9-10H,3-8H2,1-2H3,(H,12,13). The molecule has 0 bridgehead atoms. The summed E-state index contributed by atoms with van der Waals surface area (Å²) in [6.07, 6.45) is 3.83. The SMILES string of the molecule is CCOCC(=O)NCC1CCC(C)C1. The molecule has 0 aromatic heterocycles. The molecule has 14 heavy (non-hydrogen) atoms. The third kappa shape index (κ3) is 4.09. The Balaban J connectivity index is 2.05. The minimum Gasteiger partial charge on any atom is -0.372 e. The zero-order chi connectivity index (χ0) is 10.4. The van der Waals surface area contributed by atoms with E-state index in [9.17, 15) is 4.79 Å². The maximum atomic E-state index is 11.2. The van der Waals surface area contributed by atoms with Crippen LogP contribution < -0.4 is 5.32 Å². The molecular formula is C11H21NO2. The molecule has 0 radical (unpaired) electrons. The van der Waals surface area contributed by atoms with Gasteiger partial charge in [-0.15, -0.1) is 0 Å². The number of hydrogen-bond donors (Lipinski definition) is 1. The van der Waals surface area contributed by atoms with Crippen LogP contribution in [0.5, 0.6) is 0 Å². The highest BCUT2D eigenvalue weighted by molar-refractivity contribution is 5.77. The second-order valence-corrected chi connectivity index (χ2v) is 4.23. The van der Waals surface area contributed by atoms with E-state index in [4.69, 9.17) is 4.74 Å². The van der Waals surface area contributed by atoms with Gasteiger partial charge in [0.1, 0.15) is 6.61 Å². The molecule has 1 saturated carbocycles. The fourth-order valence-corrected chi connectivity index (χ4v) is 2.01. The van der Waals surface area contributed by atoms with Gasteiger partial charge in [0.15, 0.2) is 0 Å². The lowest BCUT2D eigenvalue weighted by Crippen LogP contribution is -2.31. The van der Waals surface area contributed by atoms with Crippen molar-refractivity contribution >= 4 is 5.91 Å². The van der Waals surface area contributed by atoms with Gasteiger partial charge in [0.25, 0.3) is 0 Å². The topological polar surface area (TPSA) is 38.3 Å². The van der Waals surface area contributed by atoms with E-state index in [1.165, 1.54) is 19.3 Å². The number of rotatable bonds is 5. The van der Waals surface area contributed by atoms with Crippen molar-refractivity contribution in [1.29, 1.82) is 0 Å². The number of carbonyl (C=O) groups is 1. The average molecular weight is 199 g/mol. The summed E-state index contributed by atoms with van der Waals surface area (Å²) in [5.74, 6) is 1.55. The Morgan fingerprint density at radius 3 is 2.86 bits per heavy atom. The number of amides is 1. The zero-order valence-electron chi connectivity index (χ0n) is 9.21. The van der Waals surface area contributed by atoms with E-state index in [2.05, 4.69) is 12.2 Å². The van der Waals surface area contributed by atoms with Crippen molar-refractivity contribution in [2.24, 2.45) is 11.8 Å². The van der Waals surface area contributed by atoms with Crippen LogP contribution in [0.2, 0.25) is 0 Å². The van der Waals surface area contributed by atoms with Crippen LogP contribution in [-0.2, 0) is 9.53 Å². The van der Waals surface area contributed by atoms with Gasteiger partial charge in [0, 0.05) is 13.2 Å². The first kappa shape index (κ1) is 11.5. The molecule has 1 amide bonds. The second-order valence-electron chi connectivity index (χ2n) is 4.23. The Kier molecular flexibility index (Phi) is 4.94. The van der Waals surface area contributed by atoms with E-state index in [0.717, 1.165) is 12.5 Å². The molecule has 2 unspecified atom stereocenters. The number of carbonyl (C=O) groups excluding carboxylic acids is 1. The summed E-state index contributed by atoms with van der Waals surface area (Å²) in [6, 6.07) is 0. The van der Waals surface area contributed by atoms with E-state index in [1.54, 1.807) is 0 Å². The van der Waals surface area contributed by atoms with Crippen molar-refractivity contribution in [3.05, 3.63) is 0 Å². The highest BCUT2D eigenvalue weighted by Gasteiger charge is 2.21. The van der Waals surface area contributed by atoms with Gasteiger partial charge >= 0.3 is 0 Å². The summed E-state index contributed by atoms with van der Waals surface area (Å²) in [5, 5.41) is 2.92. The molecule has 0 aliphatic heterocycles. The fraction of sp³-hybridized carbons (Fsp3) is 0.909. The highest BCUT2D eigenvalue weighted by atomic mass is 16.5. The summed E-state index contributed by atoms with van der Waals surface area (Å²) < 4.78 is 5.02. The molecule has 1 aliphatic carbocycles. The van der Waals surface area contributed by atoms with Crippen molar-refractivity contribution < 1.29 is 9.53 Å². The average Bonchev–Trinajstić information content (AvgIpc) is 2.58. The first-order valence-corrected chi connectivity index (χ1v) is 5.56. The Morgan fingerprint density at radius 2 is 2.29 bits per heavy atom. The first-order chi connectivity index (χ1) is 6.72. The molecule has 1 fully saturated rings. The van der Waals surface area contributed by atoms with Gasteiger partial charge in [-0.2, -0.15) is 0 Å². The highest BCUT2D eigenvalue weighted by Crippen LogP contribution is 2.29. The predicted molar refractivity (Wildman–Crippen MR) is 56.0 cm³/mol. The molecule has 0 saturated heterocycles.